The molecule has 0 spiro atoms. The molecular formula is C92H101N3O6. The second kappa shape index (κ2) is 30.5. The van der Waals surface area contributed by atoms with Gasteiger partial charge in [-0.2, -0.15) is 0 Å². The third-order valence-electron chi connectivity index (χ3n) is 24.6. The van der Waals surface area contributed by atoms with E-state index in [0.717, 1.165) is 172 Å². The first-order valence-electron chi connectivity index (χ1n) is 37.6. The molecular weight excluding hydrogens is 1240 g/mol. The van der Waals surface area contributed by atoms with E-state index in [1.54, 1.807) is 18.6 Å². The van der Waals surface area contributed by atoms with E-state index >= 15 is 0 Å². The minimum Gasteiger partial charge on any atom is -0.390 e. The second-order valence-corrected chi connectivity index (χ2v) is 31.5. The van der Waals surface area contributed by atoms with Crippen LogP contribution in [-0.4, -0.2) is 59.5 Å². The number of hydrogen-bond donors (Lipinski definition) is 2. The molecule has 6 aliphatic carbocycles. The molecule has 0 aliphatic heterocycles. The number of hydrogen-bond acceptors (Lipinski definition) is 9. The molecule has 3 aromatic heterocycles. The van der Waals surface area contributed by atoms with Gasteiger partial charge in [-0.1, -0.05) is 146 Å². The Hall–Kier alpha value is -8.63. The van der Waals surface area contributed by atoms with E-state index in [1.165, 1.54) is 50.1 Å². The normalized spacial score (nSPS) is 24.9. The monoisotopic (exact) mass is 1340 g/mol. The fourth-order valence-corrected chi connectivity index (χ4v) is 19.2. The smallest absolute Gasteiger partial charge is 0.167 e. The lowest BCUT2D eigenvalue weighted by Crippen LogP contribution is -2.47. The lowest BCUT2D eigenvalue weighted by molar-refractivity contribution is -0.123. The Kier molecular flexibility index (Phi) is 21.4. The molecule has 3 heterocycles. The van der Waals surface area contributed by atoms with Crippen LogP contribution in [0.15, 0.2) is 201 Å². The predicted molar refractivity (Wildman–Crippen MR) is 403 cm³/mol. The zero-order valence-corrected chi connectivity index (χ0v) is 60.1. The van der Waals surface area contributed by atoms with Gasteiger partial charge >= 0.3 is 0 Å². The number of nitrogens with zero attached hydrogens (tertiary/aromatic N) is 3. The van der Waals surface area contributed by atoms with Crippen LogP contribution in [0.5, 0.6) is 0 Å². The van der Waals surface area contributed by atoms with Gasteiger partial charge in [-0.25, -0.2) is 0 Å². The number of aliphatic hydroxyl groups is 2. The third-order valence-corrected chi connectivity index (χ3v) is 24.6. The van der Waals surface area contributed by atoms with Gasteiger partial charge in [0.15, 0.2) is 17.3 Å². The zero-order valence-electron chi connectivity index (χ0n) is 60.1. The molecule has 2 N–H and O–H groups in total. The number of aromatic nitrogens is 3. The maximum atomic E-state index is 13.2. The van der Waals surface area contributed by atoms with E-state index in [4.69, 9.17) is 0 Å². The molecule has 101 heavy (non-hydrogen) atoms. The molecule has 0 saturated heterocycles. The minimum absolute atomic E-state index is 0.0109. The summed E-state index contributed by atoms with van der Waals surface area (Å²) in [6, 6.07) is 63.3. The third kappa shape index (κ3) is 15.9. The van der Waals surface area contributed by atoms with Crippen molar-refractivity contribution in [1.82, 2.24) is 15.0 Å². The summed E-state index contributed by atoms with van der Waals surface area (Å²) < 4.78 is 0. The van der Waals surface area contributed by atoms with Crippen molar-refractivity contribution in [2.24, 2.45) is 17.8 Å². The van der Waals surface area contributed by atoms with Crippen LogP contribution in [0.1, 0.15) is 225 Å². The molecule has 9 aromatic rings. The second-order valence-electron chi connectivity index (χ2n) is 31.5. The van der Waals surface area contributed by atoms with Crippen LogP contribution >= 0.6 is 0 Å². The number of fused-ring (bicyclic) bond motifs is 9. The number of Topliss-reactive ketones (excluding diaryl/α,β-unsaturated/α-hetero) is 4. The molecule has 9 nitrogen and oxygen atoms in total. The summed E-state index contributed by atoms with van der Waals surface area (Å²) in [7, 11) is 0. The number of aryl methyl sites for hydroxylation is 6. The highest BCUT2D eigenvalue weighted by molar-refractivity contribution is 5.99. The lowest BCUT2D eigenvalue weighted by atomic mass is 9.56. The summed E-state index contributed by atoms with van der Waals surface area (Å²) >= 11 is 0. The van der Waals surface area contributed by atoms with Crippen molar-refractivity contribution in [3.63, 3.8) is 0 Å². The topological polar surface area (TPSA) is 147 Å². The lowest BCUT2D eigenvalue weighted by Gasteiger charge is -2.49. The van der Waals surface area contributed by atoms with E-state index < -0.39 is 11.2 Å². The number of ketones is 4. The van der Waals surface area contributed by atoms with Gasteiger partial charge in [0.25, 0.3) is 0 Å². The van der Waals surface area contributed by atoms with Crippen LogP contribution in [-0.2, 0) is 78.8 Å². The molecule has 8 atom stereocenters. The first-order valence-corrected chi connectivity index (χ1v) is 37.6. The molecule has 3 fully saturated rings. The average Bonchev–Trinajstić information content (AvgIpc) is 1.75. The van der Waals surface area contributed by atoms with Gasteiger partial charge in [0, 0.05) is 101 Å². The first-order chi connectivity index (χ1) is 48.8. The Morgan fingerprint density at radius 3 is 1.06 bits per heavy atom. The summed E-state index contributed by atoms with van der Waals surface area (Å²) in [5.74, 6) is 2.12. The van der Waals surface area contributed by atoms with Gasteiger partial charge in [0.05, 0.1) is 11.2 Å². The highest BCUT2D eigenvalue weighted by Crippen LogP contribution is 2.56. The number of pyridine rings is 3. The number of benzene rings is 6. The molecule has 6 aliphatic rings. The average molecular weight is 1340 g/mol. The molecule has 0 amide bonds. The number of rotatable bonds is 15. The molecule has 0 bridgehead atoms. The van der Waals surface area contributed by atoms with Crippen LogP contribution in [0, 0.1) is 38.5 Å². The van der Waals surface area contributed by atoms with Crippen molar-refractivity contribution in [1.29, 1.82) is 0 Å². The molecule has 0 unspecified atom stereocenters. The fourth-order valence-electron chi connectivity index (χ4n) is 19.2. The van der Waals surface area contributed by atoms with E-state index in [2.05, 4.69) is 154 Å². The Bertz CT molecular complexity index is 4260. The largest absolute Gasteiger partial charge is 0.390 e. The SMILES string of the molecule is Cc1ncccc1CC(=O)c1ccc2c(c1)CCC[C@@H]1CC(=O)CC[C@@]21Cc1ccccc1.Cc1ncccc1CC(=O)c1ccc2c(c1)CCC[C@@H]1C[C@@](C)(O)CC[C@@]21Cc1ccccc1.Cc1ncccc1CC(=O)c1ccc2c(c1)CCC[C@@H]1C[C@](C)(O)CC[C@@]21Cc1ccccc1. The maximum Gasteiger partial charge on any atom is 0.167 e. The van der Waals surface area contributed by atoms with Crippen molar-refractivity contribution in [2.45, 2.75) is 216 Å². The van der Waals surface area contributed by atoms with E-state index in [1.807, 2.05) is 77.1 Å². The van der Waals surface area contributed by atoms with Crippen LogP contribution < -0.4 is 0 Å². The van der Waals surface area contributed by atoms with Gasteiger partial charge in [0.1, 0.15) is 5.78 Å². The highest BCUT2D eigenvalue weighted by Gasteiger charge is 2.52. The Morgan fingerprint density at radius 1 is 0.396 bits per heavy atom. The van der Waals surface area contributed by atoms with Crippen molar-refractivity contribution in [2.75, 3.05) is 0 Å². The minimum atomic E-state index is -0.590. The van der Waals surface area contributed by atoms with Crippen LogP contribution in [0.25, 0.3) is 0 Å². The molecule has 15 rings (SSSR count). The summed E-state index contributed by atoms with van der Waals surface area (Å²) in [6.45, 7) is 9.90. The Morgan fingerprint density at radius 2 is 0.723 bits per heavy atom. The Labute approximate surface area is 599 Å². The van der Waals surface area contributed by atoms with Crippen molar-refractivity contribution >= 4 is 23.1 Å². The molecule has 6 aromatic carbocycles. The number of carbonyl (C=O) groups is 4. The Balaban J connectivity index is 0.000000135. The van der Waals surface area contributed by atoms with Crippen LogP contribution in [0.3, 0.4) is 0 Å². The molecule has 3 saturated carbocycles. The fraction of sp³-hybridized carbons (Fsp3) is 0.402. The molecule has 9 heteroatoms. The first kappa shape index (κ1) is 70.8. The van der Waals surface area contributed by atoms with E-state index in [0.29, 0.717) is 55.6 Å². The standard InChI is InChI=1S/2C31H35NO2.C30H31NO2/c2*1-22-24(11-7-17-32-22)19-29(33)26-13-14-28-25(18-26)10-6-12-27-21-30(2,34)15-16-31(27,28)20-23-8-4-3-5-9-23;1-21-23(10-6-16-31-21)18-29(33)25-12-13-28-24(17-25)9-5-11-26-19-27(32)14-15-30(26,28)20-22-7-3-2-4-8-22/h2*3-5,7-9,11,13-14,17-18,27,34H,6,10,12,15-16,19-21H2,1-2H3;2-4,6-8,10,12-13,16-17,26H,5,9,11,14-15,18-20H2,1H3/t27-,30+,31+;27-,30-,31+;26-,30+/m111/s1. The van der Waals surface area contributed by atoms with Gasteiger partial charge in [-0.3, -0.25) is 34.1 Å². The quantitative estimate of drug-likeness (QED) is 0.0957. The van der Waals surface area contributed by atoms with Crippen molar-refractivity contribution in [3.05, 3.63) is 301 Å². The molecule has 520 valence electrons. The predicted octanol–water partition coefficient (Wildman–Crippen LogP) is 18.4. The van der Waals surface area contributed by atoms with Crippen LogP contribution in [0.4, 0.5) is 0 Å². The number of carbonyl (C=O) groups excluding carboxylic acids is 4. The van der Waals surface area contributed by atoms with E-state index in [9.17, 15) is 29.4 Å². The maximum absolute atomic E-state index is 13.2. The van der Waals surface area contributed by atoms with Gasteiger partial charge in [-0.05, 0) is 278 Å². The summed E-state index contributed by atoms with van der Waals surface area (Å²) in [5, 5.41) is 21.9. The van der Waals surface area contributed by atoms with Crippen LogP contribution in [0.2, 0.25) is 0 Å². The summed E-state index contributed by atoms with van der Waals surface area (Å²) in [4.78, 5) is 65.0. The van der Waals surface area contributed by atoms with Crippen molar-refractivity contribution < 1.29 is 29.4 Å². The summed E-state index contributed by atoms with van der Waals surface area (Å²) in [5.41, 5.74) is 19.1. The van der Waals surface area contributed by atoms with Gasteiger partial charge in [-0.15, -0.1) is 0 Å². The van der Waals surface area contributed by atoms with E-state index in [-0.39, 0.29) is 33.6 Å². The molecule has 0 radical (unpaired) electrons. The summed E-state index contributed by atoms with van der Waals surface area (Å²) in [6.07, 6.45) is 26.5. The van der Waals surface area contributed by atoms with Crippen molar-refractivity contribution in [3.8, 4) is 0 Å². The highest BCUT2D eigenvalue weighted by atomic mass is 16.3. The van der Waals surface area contributed by atoms with Gasteiger partial charge in [0.2, 0.25) is 0 Å². The van der Waals surface area contributed by atoms with Gasteiger partial charge < -0.3 is 10.2 Å². The zero-order chi connectivity index (χ0) is 70.4.